The molecular weight excluding hydrogens is 228 g/mol. The van der Waals surface area contributed by atoms with Crippen molar-refractivity contribution in [3.8, 4) is 0 Å². The van der Waals surface area contributed by atoms with E-state index in [-0.39, 0.29) is 5.95 Å². The Hall–Kier alpha value is -1.08. The third-order valence-electron chi connectivity index (χ3n) is 2.81. The highest BCUT2D eigenvalue weighted by atomic mass is 32.2. The number of H-pyrrole nitrogens is 1. The van der Waals surface area contributed by atoms with Crippen molar-refractivity contribution >= 4 is 16.2 Å². The van der Waals surface area contributed by atoms with Gasteiger partial charge in [0.2, 0.25) is 5.95 Å². The molecule has 0 saturated carbocycles. The Morgan fingerprint density at radius 1 is 1.50 bits per heavy atom. The molecule has 2 heterocycles. The molecule has 7 heteroatoms. The molecule has 0 atom stereocenters. The maximum atomic E-state index is 11.9. The van der Waals surface area contributed by atoms with E-state index in [0.29, 0.717) is 19.0 Å². The fraction of sp³-hybridized carbons (Fsp3) is 0.667. The summed E-state index contributed by atoms with van der Waals surface area (Å²) in [7, 11) is -3.44. The van der Waals surface area contributed by atoms with Crippen LogP contribution in [-0.4, -0.2) is 35.8 Å². The molecule has 16 heavy (non-hydrogen) atoms. The lowest BCUT2D eigenvalue weighted by Crippen LogP contribution is -2.41. The highest BCUT2D eigenvalue weighted by molar-refractivity contribution is 7.90. The van der Waals surface area contributed by atoms with Crippen LogP contribution in [-0.2, 0) is 10.2 Å². The maximum absolute atomic E-state index is 11.9. The van der Waals surface area contributed by atoms with E-state index in [2.05, 4.69) is 21.6 Å². The van der Waals surface area contributed by atoms with Crippen molar-refractivity contribution < 1.29 is 8.42 Å². The van der Waals surface area contributed by atoms with Crippen molar-refractivity contribution in [1.82, 2.24) is 14.3 Å². The molecule has 1 aromatic heterocycles. The number of aromatic nitrogens is 2. The second-order valence-corrected chi connectivity index (χ2v) is 5.80. The molecule has 1 saturated heterocycles. The Labute approximate surface area is 95.2 Å². The molecule has 0 radical (unpaired) electrons. The predicted molar refractivity (Wildman–Crippen MR) is 61.1 cm³/mol. The summed E-state index contributed by atoms with van der Waals surface area (Å²) in [6, 6.07) is 0. The van der Waals surface area contributed by atoms with Gasteiger partial charge in [0.05, 0.1) is 0 Å². The molecule has 6 nitrogen and oxygen atoms in total. The van der Waals surface area contributed by atoms with Crippen molar-refractivity contribution in [1.29, 1.82) is 0 Å². The number of hydrogen-bond donors (Lipinski definition) is 2. The van der Waals surface area contributed by atoms with E-state index in [4.69, 9.17) is 0 Å². The number of rotatable bonds is 3. The van der Waals surface area contributed by atoms with Crippen molar-refractivity contribution in [3.63, 3.8) is 0 Å². The zero-order chi connectivity index (χ0) is 11.6. The molecule has 0 amide bonds. The Balaban J connectivity index is 2.02. The predicted octanol–water partition coefficient (Wildman–Crippen LogP) is 0.798. The molecule has 0 aromatic carbocycles. The van der Waals surface area contributed by atoms with Gasteiger partial charge in [-0.05, 0) is 18.8 Å². The molecule has 90 valence electrons. The van der Waals surface area contributed by atoms with Crippen molar-refractivity contribution in [3.05, 3.63) is 12.4 Å². The minimum absolute atomic E-state index is 0.263. The largest absolute Gasteiger partial charge is 0.330 e. The first-order chi connectivity index (χ1) is 7.58. The Morgan fingerprint density at radius 2 is 2.19 bits per heavy atom. The maximum Gasteiger partial charge on any atom is 0.303 e. The van der Waals surface area contributed by atoms with Gasteiger partial charge in [-0.2, -0.15) is 12.7 Å². The summed E-state index contributed by atoms with van der Waals surface area (Å²) >= 11 is 0. The van der Waals surface area contributed by atoms with Gasteiger partial charge in [0.25, 0.3) is 0 Å². The van der Waals surface area contributed by atoms with E-state index in [9.17, 15) is 8.42 Å². The second-order valence-electron chi connectivity index (χ2n) is 4.13. The molecule has 1 fully saturated rings. The van der Waals surface area contributed by atoms with Crippen LogP contribution in [0.3, 0.4) is 0 Å². The van der Waals surface area contributed by atoms with Gasteiger partial charge in [-0.25, -0.2) is 9.71 Å². The van der Waals surface area contributed by atoms with Crippen LogP contribution in [0.25, 0.3) is 0 Å². The summed E-state index contributed by atoms with van der Waals surface area (Å²) in [6.07, 6.45) is 4.92. The SMILES string of the molecule is CC1CCN(S(=O)(=O)Nc2ncc[nH]2)CC1. The van der Waals surface area contributed by atoms with Crippen LogP contribution in [0, 0.1) is 5.92 Å². The highest BCUT2D eigenvalue weighted by Gasteiger charge is 2.26. The van der Waals surface area contributed by atoms with E-state index in [0.717, 1.165) is 12.8 Å². The topological polar surface area (TPSA) is 78.1 Å². The van der Waals surface area contributed by atoms with E-state index in [1.807, 2.05) is 0 Å². The smallest absolute Gasteiger partial charge is 0.303 e. The lowest BCUT2D eigenvalue weighted by molar-refractivity contribution is 0.289. The average Bonchev–Trinajstić information content (AvgIpc) is 2.70. The number of anilines is 1. The molecule has 2 rings (SSSR count). The molecule has 0 unspecified atom stereocenters. The summed E-state index contributed by atoms with van der Waals surface area (Å²) in [5.41, 5.74) is 0. The average molecular weight is 244 g/mol. The number of imidazole rings is 1. The quantitative estimate of drug-likeness (QED) is 0.825. The fourth-order valence-electron chi connectivity index (χ4n) is 1.73. The summed E-state index contributed by atoms with van der Waals surface area (Å²) < 4.78 is 27.7. The molecule has 0 bridgehead atoms. The summed E-state index contributed by atoms with van der Waals surface area (Å²) in [6.45, 7) is 3.30. The molecule has 2 N–H and O–H groups in total. The van der Waals surface area contributed by atoms with E-state index < -0.39 is 10.2 Å². The number of piperidine rings is 1. The number of nitrogens with zero attached hydrogens (tertiary/aromatic N) is 2. The molecule has 1 aliphatic rings. The zero-order valence-corrected chi connectivity index (χ0v) is 10.00. The molecule has 1 aliphatic heterocycles. The Morgan fingerprint density at radius 3 is 2.75 bits per heavy atom. The lowest BCUT2D eigenvalue weighted by Gasteiger charge is -2.29. The van der Waals surface area contributed by atoms with Gasteiger partial charge >= 0.3 is 10.2 Å². The molecule has 0 spiro atoms. The lowest BCUT2D eigenvalue weighted by atomic mass is 10.0. The molecule has 0 aliphatic carbocycles. The number of aromatic amines is 1. The van der Waals surface area contributed by atoms with E-state index in [1.165, 1.54) is 10.5 Å². The summed E-state index contributed by atoms with van der Waals surface area (Å²) in [5.74, 6) is 0.869. The highest BCUT2D eigenvalue weighted by Crippen LogP contribution is 2.19. The first kappa shape index (κ1) is 11.4. The van der Waals surface area contributed by atoms with Gasteiger partial charge in [-0.15, -0.1) is 0 Å². The minimum atomic E-state index is -3.44. The van der Waals surface area contributed by atoms with E-state index in [1.54, 1.807) is 6.20 Å². The van der Waals surface area contributed by atoms with Crippen molar-refractivity contribution in [2.75, 3.05) is 17.8 Å². The van der Waals surface area contributed by atoms with Crippen LogP contribution in [0.2, 0.25) is 0 Å². The van der Waals surface area contributed by atoms with Crippen LogP contribution >= 0.6 is 0 Å². The second kappa shape index (κ2) is 4.42. The van der Waals surface area contributed by atoms with Gasteiger partial charge in [-0.3, -0.25) is 0 Å². The normalized spacial score (nSPS) is 19.8. The summed E-state index contributed by atoms with van der Waals surface area (Å²) in [4.78, 5) is 6.55. The van der Waals surface area contributed by atoms with Gasteiger partial charge in [0.15, 0.2) is 0 Å². The summed E-state index contributed by atoms with van der Waals surface area (Å²) in [5, 5.41) is 0. The number of nitrogens with one attached hydrogen (secondary N) is 2. The van der Waals surface area contributed by atoms with Gasteiger partial charge in [0, 0.05) is 25.5 Å². The zero-order valence-electron chi connectivity index (χ0n) is 9.18. The van der Waals surface area contributed by atoms with Crippen molar-refractivity contribution in [2.45, 2.75) is 19.8 Å². The van der Waals surface area contributed by atoms with Gasteiger partial charge in [0.1, 0.15) is 0 Å². The molecular formula is C9H16N4O2S. The Bertz CT molecular complexity index is 420. The monoisotopic (exact) mass is 244 g/mol. The van der Waals surface area contributed by atoms with Crippen LogP contribution in [0.4, 0.5) is 5.95 Å². The van der Waals surface area contributed by atoms with Crippen LogP contribution in [0.1, 0.15) is 19.8 Å². The first-order valence-electron chi connectivity index (χ1n) is 5.35. The van der Waals surface area contributed by atoms with Gasteiger partial charge < -0.3 is 4.98 Å². The van der Waals surface area contributed by atoms with Crippen LogP contribution in [0.5, 0.6) is 0 Å². The fourth-order valence-corrected chi connectivity index (χ4v) is 2.91. The van der Waals surface area contributed by atoms with Crippen molar-refractivity contribution in [2.24, 2.45) is 5.92 Å². The molecule has 1 aromatic rings. The van der Waals surface area contributed by atoms with Crippen LogP contribution < -0.4 is 4.72 Å². The van der Waals surface area contributed by atoms with E-state index >= 15 is 0 Å². The van der Waals surface area contributed by atoms with Crippen LogP contribution in [0.15, 0.2) is 12.4 Å². The Kier molecular flexibility index (Phi) is 3.15. The third-order valence-corrected chi connectivity index (χ3v) is 4.30. The third kappa shape index (κ3) is 2.53. The van der Waals surface area contributed by atoms with Gasteiger partial charge in [-0.1, -0.05) is 6.92 Å². The standard InChI is InChI=1S/C9H16N4O2S/c1-8-2-6-13(7-3-8)16(14,15)12-9-10-4-5-11-9/h4-5,8H,2-3,6-7H2,1H3,(H2,10,11,12). The first-order valence-corrected chi connectivity index (χ1v) is 6.79. The number of hydrogen-bond acceptors (Lipinski definition) is 3. The minimum Gasteiger partial charge on any atom is -0.330 e.